The molecule has 1 aliphatic heterocycles. The highest BCUT2D eigenvalue weighted by molar-refractivity contribution is 7.18. The molecule has 94 valence electrons. The van der Waals surface area contributed by atoms with Crippen molar-refractivity contribution < 1.29 is 9.90 Å². The molecular formula is C12H16ClNO2S. The molecule has 0 bridgehead atoms. The van der Waals surface area contributed by atoms with Gasteiger partial charge >= 0.3 is 0 Å². The molecule has 0 saturated carbocycles. The highest BCUT2D eigenvalue weighted by Gasteiger charge is 2.32. The van der Waals surface area contributed by atoms with Crippen LogP contribution in [0.15, 0.2) is 12.1 Å². The molecule has 1 fully saturated rings. The second kappa shape index (κ2) is 5.48. The van der Waals surface area contributed by atoms with Crippen LogP contribution >= 0.6 is 22.9 Å². The van der Waals surface area contributed by atoms with Crippen LogP contribution in [-0.4, -0.2) is 41.0 Å². The molecule has 0 amide bonds. The minimum atomic E-state index is -0.177. The van der Waals surface area contributed by atoms with E-state index in [-0.39, 0.29) is 24.5 Å². The molecule has 1 aliphatic rings. The monoisotopic (exact) mass is 273 g/mol. The number of rotatable bonds is 4. The lowest BCUT2D eigenvalue weighted by Gasteiger charge is -2.28. The van der Waals surface area contributed by atoms with Crippen LogP contribution in [0.3, 0.4) is 0 Å². The molecule has 2 rings (SSSR count). The number of hydrogen-bond acceptors (Lipinski definition) is 4. The Hall–Kier alpha value is -0.420. The first-order valence-corrected chi connectivity index (χ1v) is 6.99. The molecule has 17 heavy (non-hydrogen) atoms. The first kappa shape index (κ1) is 13.0. The third-order valence-electron chi connectivity index (χ3n) is 3.33. The molecule has 1 aromatic heterocycles. The largest absolute Gasteiger partial charge is 0.395 e. The van der Waals surface area contributed by atoms with Crippen LogP contribution in [0.1, 0.15) is 29.4 Å². The lowest BCUT2D eigenvalue weighted by molar-refractivity contribution is 0.0762. The topological polar surface area (TPSA) is 40.5 Å². The predicted molar refractivity (Wildman–Crippen MR) is 69.9 cm³/mol. The summed E-state index contributed by atoms with van der Waals surface area (Å²) in [5, 5.41) is 9.27. The first-order chi connectivity index (χ1) is 8.13. The number of ketones is 1. The summed E-state index contributed by atoms with van der Waals surface area (Å²) in [6, 6.07) is 3.48. The van der Waals surface area contributed by atoms with Crippen LogP contribution in [0.2, 0.25) is 4.34 Å². The molecule has 1 N–H and O–H groups in total. The summed E-state index contributed by atoms with van der Waals surface area (Å²) in [6.07, 6.45) is 2.02. The van der Waals surface area contributed by atoms with Gasteiger partial charge in [-0.05, 0) is 38.4 Å². The third kappa shape index (κ3) is 2.71. The van der Waals surface area contributed by atoms with Crippen molar-refractivity contribution in [3.63, 3.8) is 0 Å². The van der Waals surface area contributed by atoms with E-state index in [1.165, 1.54) is 11.3 Å². The molecule has 5 heteroatoms. The molecule has 1 saturated heterocycles. The average Bonchev–Trinajstić information content (AvgIpc) is 2.95. The number of aliphatic hydroxyl groups excluding tert-OH is 1. The second-order valence-electron chi connectivity index (χ2n) is 4.36. The van der Waals surface area contributed by atoms with Gasteiger partial charge in [-0.1, -0.05) is 11.6 Å². The van der Waals surface area contributed by atoms with Gasteiger partial charge in [0.2, 0.25) is 0 Å². The van der Waals surface area contributed by atoms with Crippen LogP contribution in [0.25, 0.3) is 0 Å². The van der Waals surface area contributed by atoms with Crippen LogP contribution in [0.4, 0.5) is 0 Å². The molecule has 2 heterocycles. The highest BCUT2D eigenvalue weighted by atomic mass is 35.5. The van der Waals surface area contributed by atoms with Gasteiger partial charge in [-0.3, -0.25) is 9.69 Å². The number of halogens is 1. The van der Waals surface area contributed by atoms with E-state index < -0.39 is 0 Å². The van der Waals surface area contributed by atoms with Crippen molar-refractivity contribution in [3.05, 3.63) is 21.3 Å². The predicted octanol–water partition coefficient (Wildman–Crippen LogP) is 2.43. The number of aliphatic hydroxyl groups is 1. The summed E-state index contributed by atoms with van der Waals surface area (Å²) < 4.78 is 0.640. The Morgan fingerprint density at radius 1 is 1.71 bits per heavy atom. The van der Waals surface area contributed by atoms with E-state index >= 15 is 0 Å². The van der Waals surface area contributed by atoms with E-state index in [1.54, 1.807) is 12.1 Å². The number of thiophene rings is 1. The van der Waals surface area contributed by atoms with Crippen LogP contribution < -0.4 is 0 Å². The first-order valence-electron chi connectivity index (χ1n) is 5.79. The minimum absolute atomic E-state index is 0.0993. The average molecular weight is 274 g/mol. The highest BCUT2D eigenvalue weighted by Crippen LogP contribution is 2.26. The van der Waals surface area contributed by atoms with Gasteiger partial charge in [0.05, 0.1) is 21.9 Å². The van der Waals surface area contributed by atoms with Gasteiger partial charge in [-0.2, -0.15) is 0 Å². The Morgan fingerprint density at radius 3 is 3.06 bits per heavy atom. The molecule has 0 spiro atoms. The number of carbonyl (C=O) groups excluding carboxylic acids is 1. The maximum absolute atomic E-state index is 12.2. The SMILES string of the molecule is CC(C(=O)c1ccc(Cl)s1)N1CCCC1CO. The normalized spacial score (nSPS) is 22.9. The van der Waals surface area contributed by atoms with Crippen LogP contribution in [0, 0.1) is 0 Å². The standard InChI is InChI=1S/C12H16ClNO2S/c1-8(14-6-2-3-9(14)7-15)12(16)10-4-5-11(13)17-10/h4-5,8-9,15H,2-3,6-7H2,1H3. The van der Waals surface area contributed by atoms with E-state index in [9.17, 15) is 9.90 Å². The summed E-state index contributed by atoms with van der Waals surface area (Å²) >= 11 is 7.16. The molecule has 2 atom stereocenters. The van der Waals surface area contributed by atoms with Crippen LogP contribution in [0.5, 0.6) is 0 Å². The summed E-state index contributed by atoms with van der Waals surface area (Å²) in [5.74, 6) is 0.0993. The zero-order valence-electron chi connectivity index (χ0n) is 9.73. The Kier molecular flexibility index (Phi) is 4.20. The molecule has 1 aromatic rings. The van der Waals surface area contributed by atoms with Gasteiger partial charge in [0, 0.05) is 6.04 Å². The fraction of sp³-hybridized carbons (Fsp3) is 0.583. The van der Waals surface area contributed by atoms with E-state index in [0.29, 0.717) is 9.21 Å². The summed E-state index contributed by atoms with van der Waals surface area (Å²) in [7, 11) is 0. The van der Waals surface area contributed by atoms with E-state index in [2.05, 4.69) is 4.90 Å². The van der Waals surface area contributed by atoms with Gasteiger partial charge in [-0.15, -0.1) is 11.3 Å². The van der Waals surface area contributed by atoms with Crippen molar-refractivity contribution in [1.82, 2.24) is 4.90 Å². The molecule has 0 aromatic carbocycles. The van der Waals surface area contributed by atoms with Gasteiger partial charge in [0.15, 0.2) is 5.78 Å². The third-order valence-corrected chi connectivity index (χ3v) is 4.57. The van der Waals surface area contributed by atoms with E-state index in [0.717, 1.165) is 19.4 Å². The van der Waals surface area contributed by atoms with Crippen molar-refractivity contribution in [2.24, 2.45) is 0 Å². The number of nitrogens with zero attached hydrogens (tertiary/aromatic N) is 1. The van der Waals surface area contributed by atoms with Gasteiger partial charge in [0.25, 0.3) is 0 Å². The second-order valence-corrected chi connectivity index (χ2v) is 6.08. The number of Topliss-reactive ketones (excluding diaryl/α,β-unsaturated/α-hetero) is 1. The molecule has 0 radical (unpaired) electrons. The number of likely N-dealkylation sites (tertiary alicyclic amines) is 1. The smallest absolute Gasteiger partial charge is 0.189 e. The minimum Gasteiger partial charge on any atom is -0.395 e. The lowest BCUT2D eigenvalue weighted by Crippen LogP contribution is -2.43. The van der Waals surface area contributed by atoms with Gasteiger partial charge in [-0.25, -0.2) is 0 Å². The van der Waals surface area contributed by atoms with Gasteiger partial charge < -0.3 is 5.11 Å². The van der Waals surface area contributed by atoms with Crippen molar-refractivity contribution in [2.45, 2.75) is 31.8 Å². The Labute approximate surface area is 110 Å². The Balaban J connectivity index is 2.09. The van der Waals surface area contributed by atoms with Crippen LogP contribution in [-0.2, 0) is 0 Å². The van der Waals surface area contributed by atoms with Crippen molar-refractivity contribution in [2.75, 3.05) is 13.2 Å². The fourth-order valence-electron chi connectivity index (χ4n) is 2.37. The maximum Gasteiger partial charge on any atom is 0.189 e. The summed E-state index contributed by atoms with van der Waals surface area (Å²) in [5.41, 5.74) is 0. The molecular weight excluding hydrogens is 258 g/mol. The Morgan fingerprint density at radius 2 is 2.47 bits per heavy atom. The quantitative estimate of drug-likeness (QED) is 0.857. The van der Waals surface area contributed by atoms with Crippen molar-refractivity contribution in [1.29, 1.82) is 0 Å². The molecule has 2 unspecified atom stereocenters. The summed E-state index contributed by atoms with van der Waals surface area (Å²) in [4.78, 5) is 15.0. The number of carbonyl (C=O) groups is 1. The Bertz CT molecular complexity index is 407. The van der Waals surface area contributed by atoms with Gasteiger partial charge in [0.1, 0.15) is 0 Å². The van der Waals surface area contributed by atoms with E-state index in [4.69, 9.17) is 11.6 Å². The number of hydrogen-bond donors (Lipinski definition) is 1. The fourth-order valence-corrected chi connectivity index (χ4v) is 3.43. The van der Waals surface area contributed by atoms with Crippen molar-refractivity contribution in [3.8, 4) is 0 Å². The maximum atomic E-state index is 12.2. The zero-order valence-corrected chi connectivity index (χ0v) is 11.3. The lowest BCUT2D eigenvalue weighted by atomic mass is 10.1. The van der Waals surface area contributed by atoms with Crippen molar-refractivity contribution >= 4 is 28.7 Å². The zero-order chi connectivity index (χ0) is 12.4. The molecule has 0 aliphatic carbocycles. The molecule has 3 nitrogen and oxygen atoms in total. The van der Waals surface area contributed by atoms with E-state index in [1.807, 2.05) is 6.92 Å². The summed E-state index contributed by atoms with van der Waals surface area (Å²) in [6.45, 7) is 2.92.